The number of hydrogen-bond acceptors (Lipinski definition) is 3. The molecule has 0 spiro atoms. The van der Waals surface area contributed by atoms with E-state index in [2.05, 4.69) is 0 Å². The summed E-state index contributed by atoms with van der Waals surface area (Å²) < 4.78 is 5.09. The number of nitrogen functional groups attached to an aromatic ring is 1. The zero-order chi connectivity index (χ0) is 10.6. The number of aliphatic carboxylic acids is 1. The van der Waals surface area contributed by atoms with E-state index in [9.17, 15) is 4.79 Å². The highest BCUT2D eigenvalue weighted by Crippen LogP contribution is 2.18. The molecule has 1 atom stereocenters. The van der Waals surface area contributed by atoms with Crippen molar-refractivity contribution in [3.63, 3.8) is 0 Å². The molecule has 0 aromatic heterocycles. The summed E-state index contributed by atoms with van der Waals surface area (Å²) >= 11 is 0. The van der Waals surface area contributed by atoms with Gasteiger partial charge in [0.15, 0.2) is 6.10 Å². The third kappa shape index (κ3) is 2.47. The van der Waals surface area contributed by atoms with Crippen molar-refractivity contribution in [1.82, 2.24) is 0 Å². The molecule has 76 valence electrons. The molecule has 0 saturated carbocycles. The first kappa shape index (κ1) is 10.5. The van der Waals surface area contributed by atoms with E-state index in [-0.39, 0.29) is 0 Å². The molecule has 0 bridgehead atoms. The minimum Gasteiger partial charge on any atom is -0.479 e. The third-order valence-corrected chi connectivity index (χ3v) is 1.80. The molecule has 0 saturated heterocycles. The zero-order valence-corrected chi connectivity index (χ0v) is 7.93. The summed E-state index contributed by atoms with van der Waals surface area (Å²) in [6.07, 6.45) is -0.902. The second-order valence-corrected chi connectivity index (χ2v) is 2.84. The molecule has 0 amide bonds. The molecule has 1 aromatic rings. The monoisotopic (exact) mass is 195 g/mol. The van der Waals surface area contributed by atoms with Gasteiger partial charge in [-0.15, -0.1) is 0 Å². The van der Waals surface area contributed by atoms with Crippen LogP contribution in [0.5, 0.6) is 0 Å². The lowest BCUT2D eigenvalue weighted by Gasteiger charge is -2.12. The molecular weight excluding hydrogens is 182 g/mol. The van der Waals surface area contributed by atoms with E-state index < -0.39 is 12.1 Å². The maximum atomic E-state index is 10.8. The van der Waals surface area contributed by atoms with Crippen molar-refractivity contribution in [3.8, 4) is 0 Å². The smallest absolute Gasteiger partial charge is 0.337 e. The molecular formula is C10H13NO3. The molecule has 1 aromatic carbocycles. The van der Waals surface area contributed by atoms with Gasteiger partial charge >= 0.3 is 5.97 Å². The Labute approximate surface area is 82.3 Å². The van der Waals surface area contributed by atoms with E-state index >= 15 is 0 Å². The number of ether oxygens (including phenoxy) is 1. The van der Waals surface area contributed by atoms with Gasteiger partial charge in [-0.05, 0) is 24.6 Å². The zero-order valence-electron chi connectivity index (χ0n) is 7.93. The maximum absolute atomic E-state index is 10.8. The van der Waals surface area contributed by atoms with Gasteiger partial charge in [0, 0.05) is 12.3 Å². The molecule has 1 rings (SSSR count). The fraction of sp³-hybridized carbons (Fsp3) is 0.300. The van der Waals surface area contributed by atoms with E-state index in [1.54, 1.807) is 31.2 Å². The van der Waals surface area contributed by atoms with Gasteiger partial charge in [-0.1, -0.05) is 12.1 Å². The van der Waals surface area contributed by atoms with Gasteiger partial charge in [0.25, 0.3) is 0 Å². The first-order valence-corrected chi connectivity index (χ1v) is 4.35. The first-order valence-electron chi connectivity index (χ1n) is 4.35. The van der Waals surface area contributed by atoms with E-state index in [1.807, 2.05) is 0 Å². The van der Waals surface area contributed by atoms with Gasteiger partial charge in [0.05, 0.1) is 0 Å². The number of carboxylic acids is 1. The summed E-state index contributed by atoms with van der Waals surface area (Å²) in [6, 6.07) is 6.63. The van der Waals surface area contributed by atoms with Crippen LogP contribution >= 0.6 is 0 Å². The highest BCUT2D eigenvalue weighted by Gasteiger charge is 2.19. The highest BCUT2D eigenvalue weighted by molar-refractivity contribution is 5.74. The van der Waals surface area contributed by atoms with Crippen LogP contribution in [-0.4, -0.2) is 17.7 Å². The minimum atomic E-state index is -0.989. The Kier molecular flexibility index (Phi) is 3.48. The maximum Gasteiger partial charge on any atom is 0.337 e. The molecule has 14 heavy (non-hydrogen) atoms. The Morgan fingerprint density at radius 2 is 2.07 bits per heavy atom. The Hall–Kier alpha value is -1.55. The molecule has 0 heterocycles. The normalized spacial score (nSPS) is 12.4. The Bertz CT molecular complexity index is 308. The molecule has 1 unspecified atom stereocenters. The summed E-state index contributed by atoms with van der Waals surface area (Å²) in [5, 5.41) is 8.87. The first-order chi connectivity index (χ1) is 6.65. The van der Waals surface area contributed by atoms with Gasteiger partial charge in [0.1, 0.15) is 0 Å². The molecule has 0 aliphatic heterocycles. The fourth-order valence-electron chi connectivity index (χ4n) is 1.15. The average molecular weight is 195 g/mol. The van der Waals surface area contributed by atoms with Crippen molar-refractivity contribution in [1.29, 1.82) is 0 Å². The molecule has 0 aliphatic rings. The second-order valence-electron chi connectivity index (χ2n) is 2.84. The third-order valence-electron chi connectivity index (χ3n) is 1.80. The van der Waals surface area contributed by atoms with Crippen molar-refractivity contribution in [2.75, 3.05) is 12.3 Å². The van der Waals surface area contributed by atoms with Crippen LogP contribution in [0.2, 0.25) is 0 Å². The number of carbonyl (C=O) groups is 1. The van der Waals surface area contributed by atoms with E-state index in [4.69, 9.17) is 15.6 Å². The van der Waals surface area contributed by atoms with Crippen molar-refractivity contribution >= 4 is 11.7 Å². The summed E-state index contributed by atoms with van der Waals surface area (Å²) in [5.41, 5.74) is 6.70. The van der Waals surface area contributed by atoms with Gasteiger partial charge < -0.3 is 15.6 Å². The van der Waals surface area contributed by atoms with Crippen molar-refractivity contribution in [2.24, 2.45) is 0 Å². The van der Waals surface area contributed by atoms with Crippen molar-refractivity contribution in [3.05, 3.63) is 29.8 Å². The quantitative estimate of drug-likeness (QED) is 0.713. The topological polar surface area (TPSA) is 72.5 Å². The lowest BCUT2D eigenvalue weighted by Crippen LogP contribution is -2.15. The van der Waals surface area contributed by atoms with Gasteiger partial charge in [0.2, 0.25) is 0 Å². The number of benzene rings is 1. The molecule has 4 nitrogen and oxygen atoms in total. The van der Waals surface area contributed by atoms with Crippen LogP contribution in [0.25, 0.3) is 0 Å². The van der Waals surface area contributed by atoms with Crippen molar-refractivity contribution in [2.45, 2.75) is 13.0 Å². The summed E-state index contributed by atoms with van der Waals surface area (Å²) in [6.45, 7) is 2.12. The predicted molar refractivity (Wildman–Crippen MR) is 52.9 cm³/mol. The summed E-state index contributed by atoms with van der Waals surface area (Å²) in [5.74, 6) is -0.989. The standard InChI is InChI=1S/C10H13NO3/c1-2-14-9(10(12)13)7-3-5-8(11)6-4-7/h3-6,9H,2,11H2,1H3,(H,12,13). The van der Waals surface area contributed by atoms with E-state index in [0.29, 0.717) is 17.9 Å². The second kappa shape index (κ2) is 4.62. The van der Waals surface area contributed by atoms with Crippen LogP contribution in [0.3, 0.4) is 0 Å². The number of carboxylic acid groups (broad SMARTS) is 1. The lowest BCUT2D eigenvalue weighted by molar-refractivity contribution is -0.150. The van der Waals surface area contributed by atoms with Gasteiger partial charge in [-0.2, -0.15) is 0 Å². The Balaban J connectivity index is 2.87. The van der Waals surface area contributed by atoms with Gasteiger partial charge in [-0.25, -0.2) is 4.79 Å². The highest BCUT2D eigenvalue weighted by atomic mass is 16.5. The van der Waals surface area contributed by atoms with E-state index in [1.165, 1.54) is 0 Å². The molecule has 4 heteroatoms. The van der Waals surface area contributed by atoms with Crippen molar-refractivity contribution < 1.29 is 14.6 Å². The molecule has 3 N–H and O–H groups in total. The fourth-order valence-corrected chi connectivity index (χ4v) is 1.15. The predicted octanol–water partition coefficient (Wildman–Crippen LogP) is 1.43. The Morgan fingerprint density at radius 1 is 1.50 bits per heavy atom. The molecule has 0 aliphatic carbocycles. The summed E-state index contributed by atoms with van der Waals surface area (Å²) in [7, 11) is 0. The number of nitrogens with two attached hydrogens (primary N) is 1. The van der Waals surface area contributed by atoms with Crippen LogP contribution in [0.15, 0.2) is 24.3 Å². The average Bonchev–Trinajstić information content (AvgIpc) is 2.15. The Morgan fingerprint density at radius 3 is 2.50 bits per heavy atom. The minimum absolute atomic E-state index is 0.362. The van der Waals surface area contributed by atoms with Crippen LogP contribution in [-0.2, 0) is 9.53 Å². The lowest BCUT2D eigenvalue weighted by atomic mass is 10.1. The molecule has 0 radical (unpaired) electrons. The van der Waals surface area contributed by atoms with E-state index in [0.717, 1.165) is 0 Å². The van der Waals surface area contributed by atoms with Crippen LogP contribution in [0.1, 0.15) is 18.6 Å². The van der Waals surface area contributed by atoms with Gasteiger partial charge in [-0.3, -0.25) is 0 Å². The summed E-state index contributed by atoms with van der Waals surface area (Å²) in [4.78, 5) is 10.8. The van der Waals surface area contributed by atoms with Crippen LogP contribution in [0.4, 0.5) is 5.69 Å². The number of hydrogen-bond donors (Lipinski definition) is 2. The largest absolute Gasteiger partial charge is 0.479 e. The molecule has 0 fully saturated rings. The van der Waals surface area contributed by atoms with Crippen LogP contribution in [0, 0.1) is 0 Å². The number of rotatable bonds is 4. The van der Waals surface area contributed by atoms with Crippen LogP contribution < -0.4 is 5.73 Å². The number of anilines is 1. The SMILES string of the molecule is CCOC(C(=O)O)c1ccc(N)cc1.